The van der Waals surface area contributed by atoms with Gasteiger partial charge in [0.15, 0.2) is 0 Å². The molecule has 0 aliphatic rings. The molecule has 0 aromatic carbocycles. The second-order valence-corrected chi connectivity index (χ2v) is 3.55. The molecule has 12 heavy (non-hydrogen) atoms. The zero-order valence-corrected chi connectivity index (χ0v) is 8.36. The van der Waals surface area contributed by atoms with Crippen LogP contribution in [0.5, 0.6) is 0 Å². The molecular formula is C9H15ClO2. The van der Waals surface area contributed by atoms with Crippen LogP contribution in [-0.4, -0.2) is 16.9 Å². The van der Waals surface area contributed by atoms with Gasteiger partial charge in [-0.3, -0.25) is 4.79 Å². The van der Waals surface area contributed by atoms with Crippen molar-refractivity contribution in [3.63, 3.8) is 0 Å². The molecule has 0 rings (SSSR count). The molecule has 0 saturated carbocycles. The van der Waals surface area contributed by atoms with Gasteiger partial charge in [-0.25, -0.2) is 0 Å². The topological polar surface area (TPSA) is 34.1 Å². The Balaban J connectivity index is 3.52. The van der Waals surface area contributed by atoms with E-state index in [9.17, 15) is 9.59 Å². The summed E-state index contributed by atoms with van der Waals surface area (Å²) in [6, 6.07) is 0. The van der Waals surface area contributed by atoms with Gasteiger partial charge < -0.3 is 4.79 Å². The minimum atomic E-state index is -0.165. The SMILES string of the molecule is CCC(=O)CC(Cl)CCC(C)=O. The monoisotopic (exact) mass is 190 g/mol. The molecule has 2 nitrogen and oxygen atoms in total. The van der Waals surface area contributed by atoms with E-state index in [1.54, 1.807) is 0 Å². The van der Waals surface area contributed by atoms with E-state index in [0.717, 1.165) is 0 Å². The van der Waals surface area contributed by atoms with Crippen LogP contribution in [0.4, 0.5) is 0 Å². The lowest BCUT2D eigenvalue weighted by Crippen LogP contribution is -2.08. The predicted molar refractivity (Wildman–Crippen MR) is 49.5 cm³/mol. The van der Waals surface area contributed by atoms with Gasteiger partial charge in [0.05, 0.1) is 0 Å². The molecule has 0 saturated heterocycles. The first kappa shape index (κ1) is 11.6. The second kappa shape index (κ2) is 6.18. The maximum atomic E-state index is 10.9. The third-order valence-electron chi connectivity index (χ3n) is 1.65. The molecule has 3 heteroatoms. The molecular weight excluding hydrogens is 176 g/mol. The molecule has 0 aliphatic carbocycles. The van der Waals surface area contributed by atoms with Gasteiger partial charge >= 0.3 is 0 Å². The summed E-state index contributed by atoms with van der Waals surface area (Å²) in [6.45, 7) is 3.35. The van der Waals surface area contributed by atoms with Crippen LogP contribution < -0.4 is 0 Å². The van der Waals surface area contributed by atoms with Gasteiger partial charge in [0.1, 0.15) is 11.6 Å². The normalized spacial score (nSPS) is 12.6. The summed E-state index contributed by atoms with van der Waals surface area (Å²) in [4.78, 5) is 21.5. The van der Waals surface area contributed by atoms with Crippen LogP contribution in [0.25, 0.3) is 0 Å². The van der Waals surface area contributed by atoms with Gasteiger partial charge in [0.25, 0.3) is 0 Å². The minimum absolute atomic E-state index is 0.129. The number of ketones is 2. The molecule has 0 radical (unpaired) electrons. The smallest absolute Gasteiger partial charge is 0.134 e. The summed E-state index contributed by atoms with van der Waals surface area (Å²) in [6.07, 6.45) is 2.02. The Morgan fingerprint density at radius 1 is 1.42 bits per heavy atom. The first-order valence-electron chi connectivity index (χ1n) is 4.21. The fourth-order valence-corrected chi connectivity index (χ4v) is 1.13. The van der Waals surface area contributed by atoms with Crippen molar-refractivity contribution in [3.05, 3.63) is 0 Å². The van der Waals surface area contributed by atoms with Crippen molar-refractivity contribution in [2.24, 2.45) is 0 Å². The van der Waals surface area contributed by atoms with Crippen molar-refractivity contribution in [1.29, 1.82) is 0 Å². The van der Waals surface area contributed by atoms with Crippen LogP contribution >= 0.6 is 11.6 Å². The maximum absolute atomic E-state index is 10.9. The maximum Gasteiger partial charge on any atom is 0.134 e. The van der Waals surface area contributed by atoms with Gasteiger partial charge in [-0.15, -0.1) is 11.6 Å². The van der Waals surface area contributed by atoms with E-state index in [-0.39, 0.29) is 16.9 Å². The zero-order chi connectivity index (χ0) is 9.56. The highest BCUT2D eigenvalue weighted by Crippen LogP contribution is 2.11. The Hall–Kier alpha value is -0.370. The highest BCUT2D eigenvalue weighted by molar-refractivity contribution is 6.21. The van der Waals surface area contributed by atoms with E-state index in [1.165, 1.54) is 6.92 Å². The highest BCUT2D eigenvalue weighted by atomic mass is 35.5. The summed E-state index contributed by atoms with van der Waals surface area (Å²) in [7, 11) is 0. The summed E-state index contributed by atoms with van der Waals surface area (Å²) in [5, 5.41) is -0.165. The number of carbonyl (C=O) groups excluding carboxylic acids is 2. The number of alkyl halides is 1. The minimum Gasteiger partial charge on any atom is -0.300 e. The van der Waals surface area contributed by atoms with Gasteiger partial charge in [0.2, 0.25) is 0 Å². The van der Waals surface area contributed by atoms with Gasteiger partial charge in [0, 0.05) is 24.6 Å². The Morgan fingerprint density at radius 2 is 2.00 bits per heavy atom. The molecule has 1 atom stereocenters. The summed E-state index contributed by atoms with van der Waals surface area (Å²) in [5.41, 5.74) is 0. The lowest BCUT2D eigenvalue weighted by Gasteiger charge is -2.05. The molecule has 0 amide bonds. The van der Waals surface area contributed by atoms with Crippen molar-refractivity contribution >= 4 is 23.2 Å². The van der Waals surface area contributed by atoms with E-state index in [2.05, 4.69) is 0 Å². The largest absolute Gasteiger partial charge is 0.300 e. The van der Waals surface area contributed by atoms with Crippen LogP contribution in [0.3, 0.4) is 0 Å². The predicted octanol–water partition coefficient (Wildman–Crippen LogP) is 2.33. The van der Waals surface area contributed by atoms with Crippen molar-refractivity contribution in [2.45, 2.75) is 44.9 Å². The third-order valence-corrected chi connectivity index (χ3v) is 2.03. The van der Waals surface area contributed by atoms with Crippen LogP contribution in [-0.2, 0) is 9.59 Å². The first-order chi connectivity index (χ1) is 5.56. The molecule has 0 bridgehead atoms. The fourth-order valence-electron chi connectivity index (χ4n) is 0.853. The lowest BCUT2D eigenvalue weighted by atomic mass is 10.1. The summed E-state index contributed by atoms with van der Waals surface area (Å²) < 4.78 is 0. The molecule has 0 aromatic rings. The molecule has 0 spiro atoms. The Morgan fingerprint density at radius 3 is 2.42 bits per heavy atom. The average molecular weight is 191 g/mol. The number of halogens is 1. The Kier molecular flexibility index (Phi) is 5.99. The van der Waals surface area contributed by atoms with Gasteiger partial charge in [-0.05, 0) is 13.3 Å². The molecule has 1 unspecified atom stereocenters. The van der Waals surface area contributed by atoms with E-state index in [4.69, 9.17) is 11.6 Å². The molecule has 0 aliphatic heterocycles. The first-order valence-corrected chi connectivity index (χ1v) is 4.65. The zero-order valence-electron chi connectivity index (χ0n) is 7.60. The molecule has 0 aromatic heterocycles. The van der Waals surface area contributed by atoms with Crippen LogP contribution in [0.1, 0.15) is 39.5 Å². The van der Waals surface area contributed by atoms with E-state index in [1.807, 2.05) is 6.92 Å². The number of rotatable bonds is 6. The molecule has 0 heterocycles. The summed E-state index contributed by atoms with van der Waals surface area (Å²) in [5.74, 6) is 0.295. The molecule has 70 valence electrons. The average Bonchev–Trinajstić information content (AvgIpc) is 2.00. The second-order valence-electron chi connectivity index (χ2n) is 2.93. The van der Waals surface area contributed by atoms with Crippen LogP contribution in [0, 0.1) is 0 Å². The van der Waals surface area contributed by atoms with E-state index in [0.29, 0.717) is 25.7 Å². The Bertz CT molecular complexity index is 166. The van der Waals surface area contributed by atoms with Gasteiger partial charge in [-0.1, -0.05) is 6.92 Å². The fraction of sp³-hybridized carbons (Fsp3) is 0.778. The number of carbonyl (C=O) groups is 2. The standard InChI is InChI=1S/C9H15ClO2/c1-3-9(12)6-8(10)5-4-7(2)11/h8H,3-6H2,1-2H3. The third kappa shape index (κ3) is 6.35. The van der Waals surface area contributed by atoms with Crippen molar-refractivity contribution in [1.82, 2.24) is 0 Å². The van der Waals surface area contributed by atoms with E-state index >= 15 is 0 Å². The van der Waals surface area contributed by atoms with Gasteiger partial charge in [-0.2, -0.15) is 0 Å². The molecule has 0 fully saturated rings. The van der Waals surface area contributed by atoms with Crippen molar-refractivity contribution in [2.75, 3.05) is 0 Å². The quantitative estimate of drug-likeness (QED) is 0.603. The lowest BCUT2D eigenvalue weighted by molar-refractivity contribution is -0.119. The number of Topliss-reactive ketones (excluding diaryl/α,β-unsaturated/α-hetero) is 2. The van der Waals surface area contributed by atoms with Crippen molar-refractivity contribution in [3.8, 4) is 0 Å². The summed E-state index contributed by atoms with van der Waals surface area (Å²) >= 11 is 5.83. The number of hydrogen-bond donors (Lipinski definition) is 0. The Labute approximate surface area is 78.3 Å². The van der Waals surface area contributed by atoms with Crippen molar-refractivity contribution < 1.29 is 9.59 Å². The highest BCUT2D eigenvalue weighted by Gasteiger charge is 2.09. The van der Waals surface area contributed by atoms with E-state index < -0.39 is 0 Å². The number of hydrogen-bond acceptors (Lipinski definition) is 2. The van der Waals surface area contributed by atoms with Crippen LogP contribution in [0.2, 0.25) is 0 Å². The van der Waals surface area contributed by atoms with Crippen LogP contribution in [0.15, 0.2) is 0 Å². The molecule has 0 N–H and O–H groups in total.